The number of nitrogens with zero attached hydrogens (tertiary/aromatic N) is 3. The van der Waals surface area contributed by atoms with Crippen LogP contribution in [-0.2, 0) is 22.6 Å². The number of amides is 3. The SMILES string of the molecule is CCc1ccc(C(=O)N2CCC(N3CCN(Cc4ccc(C)cc4)C(=O)C3=O)CC2)cc1. The molecular formula is C26H31N3O3. The molecule has 2 aliphatic heterocycles. The highest BCUT2D eigenvalue weighted by molar-refractivity contribution is 6.35. The van der Waals surface area contributed by atoms with Gasteiger partial charge in [-0.1, -0.05) is 48.9 Å². The smallest absolute Gasteiger partial charge is 0.312 e. The summed E-state index contributed by atoms with van der Waals surface area (Å²) in [5.74, 6) is -0.800. The second-order valence-corrected chi connectivity index (χ2v) is 8.78. The van der Waals surface area contributed by atoms with E-state index in [0.29, 0.717) is 51.1 Å². The summed E-state index contributed by atoms with van der Waals surface area (Å²) in [4.78, 5) is 43.6. The monoisotopic (exact) mass is 433 g/mol. The van der Waals surface area contributed by atoms with Gasteiger partial charge in [0.05, 0.1) is 0 Å². The molecule has 2 fully saturated rings. The number of piperazine rings is 1. The average molecular weight is 434 g/mol. The predicted molar refractivity (Wildman–Crippen MR) is 123 cm³/mol. The first-order chi connectivity index (χ1) is 15.5. The largest absolute Gasteiger partial charge is 0.338 e. The molecule has 2 saturated heterocycles. The number of piperidine rings is 1. The summed E-state index contributed by atoms with van der Waals surface area (Å²) in [5, 5.41) is 0. The number of likely N-dealkylation sites (tertiary alicyclic amines) is 1. The predicted octanol–water partition coefficient (Wildman–Crippen LogP) is 3.03. The third-order valence-corrected chi connectivity index (χ3v) is 6.64. The highest BCUT2D eigenvalue weighted by Crippen LogP contribution is 2.22. The highest BCUT2D eigenvalue weighted by atomic mass is 16.2. The number of rotatable bonds is 5. The zero-order chi connectivity index (χ0) is 22.7. The number of hydrogen-bond acceptors (Lipinski definition) is 3. The van der Waals surface area contributed by atoms with Crippen LogP contribution in [0, 0.1) is 6.92 Å². The van der Waals surface area contributed by atoms with Gasteiger partial charge in [-0.25, -0.2) is 0 Å². The molecule has 0 spiro atoms. The maximum Gasteiger partial charge on any atom is 0.312 e. The van der Waals surface area contributed by atoms with E-state index >= 15 is 0 Å². The van der Waals surface area contributed by atoms with E-state index in [2.05, 4.69) is 6.92 Å². The molecule has 0 radical (unpaired) electrons. The summed E-state index contributed by atoms with van der Waals surface area (Å²) >= 11 is 0. The number of carbonyl (C=O) groups is 3. The summed E-state index contributed by atoms with van der Waals surface area (Å²) < 4.78 is 0. The lowest BCUT2D eigenvalue weighted by Gasteiger charge is -2.42. The fourth-order valence-electron chi connectivity index (χ4n) is 4.55. The molecule has 3 amide bonds. The van der Waals surface area contributed by atoms with Crippen LogP contribution in [0.2, 0.25) is 0 Å². The molecule has 0 bridgehead atoms. The molecular weight excluding hydrogens is 402 g/mol. The van der Waals surface area contributed by atoms with E-state index in [4.69, 9.17) is 0 Å². The topological polar surface area (TPSA) is 60.9 Å². The molecule has 0 aliphatic carbocycles. The van der Waals surface area contributed by atoms with Crippen molar-refractivity contribution in [3.05, 3.63) is 70.8 Å². The van der Waals surface area contributed by atoms with Crippen molar-refractivity contribution in [2.24, 2.45) is 0 Å². The molecule has 6 nitrogen and oxygen atoms in total. The lowest BCUT2D eigenvalue weighted by molar-refractivity contribution is -0.158. The molecule has 0 saturated carbocycles. The molecule has 6 heteroatoms. The highest BCUT2D eigenvalue weighted by Gasteiger charge is 2.38. The zero-order valence-electron chi connectivity index (χ0n) is 18.9. The first-order valence-electron chi connectivity index (χ1n) is 11.5. The van der Waals surface area contributed by atoms with Crippen molar-refractivity contribution < 1.29 is 14.4 Å². The van der Waals surface area contributed by atoms with Gasteiger partial charge in [0, 0.05) is 44.3 Å². The van der Waals surface area contributed by atoms with Crippen LogP contribution in [0.1, 0.15) is 46.8 Å². The van der Waals surface area contributed by atoms with Gasteiger partial charge in [-0.05, 0) is 49.4 Å². The second kappa shape index (κ2) is 9.55. The summed E-state index contributed by atoms with van der Waals surface area (Å²) in [6.07, 6.45) is 2.36. The van der Waals surface area contributed by atoms with Crippen molar-refractivity contribution in [3.63, 3.8) is 0 Å². The fraction of sp³-hybridized carbons (Fsp3) is 0.423. The normalized spacial score (nSPS) is 17.8. The number of hydrogen-bond donors (Lipinski definition) is 0. The van der Waals surface area contributed by atoms with Gasteiger partial charge < -0.3 is 14.7 Å². The third-order valence-electron chi connectivity index (χ3n) is 6.64. The van der Waals surface area contributed by atoms with Crippen molar-refractivity contribution in [1.29, 1.82) is 0 Å². The molecule has 4 rings (SSSR count). The third kappa shape index (κ3) is 4.69. The Hall–Kier alpha value is -3.15. The van der Waals surface area contributed by atoms with Crippen molar-refractivity contribution in [1.82, 2.24) is 14.7 Å². The minimum atomic E-state index is -0.425. The maximum atomic E-state index is 12.8. The van der Waals surface area contributed by atoms with Crippen LogP contribution in [0.5, 0.6) is 0 Å². The van der Waals surface area contributed by atoms with E-state index in [0.717, 1.165) is 12.0 Å². The van der Waals surface area contributed by atoms with Gasteiger partial charge in [-0.15, -0.1) is 0 Å². The lowest BCUT2D eigenvalue weighted by atomic mass is 10.0. The first kappa shape index (κ1) is 22.1. The van der Waals surface area contributed by atoms with Gasteiger partial charge in [-0.3, -0.25) is 14.4 Å². The Morgan fingerprint density at radius 1 is 0.844 bits per heavy atom. The Bertz CT molecular complexity index is 976. The van der Waals surface area contributed by atoms with Gasteiger partial charge in [0.1, 0.15) is 0 Å². The van der Waals surface area contributed by atoms with Crippen LogP contribution < -0.4 is 0 Å². The van der Waals surface area contributed by atoms with E-state index in [1.165, 1.54) is 11.1 Å². The number of carbonyl (C=O) groups excluding carboxylic acids is 3. The number of benzene rings is 2. The summed E-state index contributed by atoms with van der Waals surface area (Å²) in [6, 6.07) is 15.8. The molecule has 0 aromatic heterocycles. The molecule has 2 heterocycles. The summed E-state index contributed by atoms with van der Waals surface area (Å²) in [5.41, 5.74) is 4.12. The van der Waals surface area contributed by atoms with E-state index in [1.807, 2.05) is 60.4 Å². The van der Waals surface area contributed by atoms with Crippen LogP contribution in [0.3, 0.4) is 0 Å². The Balaban J connectivity index is 1.31. The van der Waals surface area contributed by atoms with Crippen molar-refractivity contribution in [3.8, 4) is 0 Å². The minimum absolute atomic E-state index is 0.0134. The van der Waals surface area contributed by atoms with Crippen LogP contribution in [0.4, 0.5) is 0 Å². The van der Waals surface area contributed by atoms with Gasteiger partial charge in [0.2, 0.25) is 0 Å². The van der Waals surface area contributed by atoms with Crippen LogP contribution in [-0.4, -0.2) is 64.6 Å². The Kier molecular flexibility index (Phi) is 6.58. The van der Waals surface area contributed by atoms with Gasteiger partial charge in [0.15, 0.2) is 0 Å². The molecule has 2 aromatic carbocycles. The van der Waals surface area contributed by atoms with Crippen molar-refractivity contribution in [2.75, 3.05) is 26.2 Å². The van der Waals surface area contributed by atoms with Crippen LogP contribution in [0.15, 0.2) is 48.5 Å². The molecule has 0 unspecified atom stereocenters. The Morgan fingerprint density at radius 3 is 2.09 bits per heavy atom. The minimum Gasteiger partial charge on any atom is -0.338 e. The second-order valence-electron chi connectivity index (χ2n) is 8.78. The van der Waals surface area contributed by atoms with E-state index in [1.54, 1.807) is 9.80 Å². The summed E-state index contributed by atoms with van der Waals surface area (Å²) in [7, 11) is 0. The Morgan fingerprint density at radius 2 is 1.47 bits per heavy atom. The van der Waals surface area contributed by atoms with Crippen molar-refractivity contribution >= 4 is 17.7 Å². The van der Waals surface area contributed by atoms with E-state index < -0.39 is 11.8 Å². The standard InChI is InChI=1S/C26H31N3O3/c1-3-20-8-10-22(11-9-20)24(30)27-14-12-23(13-15-27)29-17-16-28(25(31)26(29)32)18-21-6-4-19(2)5-7-21/h4-11,23H,3,12-18H2,1-2H3. The summed E-state index contributed by atoms with van der Waals surface area (Å²) in [6.45, 7) is 6.87. The fourth-order valence-corrected chi connectivity index (χ4v) is 4.55. The molecule has 0 N–H and O–H groups in total. The number of aryl methyl sites for hydroxylation is 2. The van der Waals surface area contributed by atoms with E-state index in [-0.39, 0.29) is 11.9 Å². The molecule has 2 aromatic rings. The average Bonchev–Trinajstić information content (AvgIpc) is 2.83. The molecule has 0 atom stereocenters. The van der Waals surface area contributed by atoms with Crippen LogP contribution >= 0.6 is 0 Å². The van der Waals surface area contributed by atoms with E-state index in [9.17, 15) is 14.4 Å². The van der Waals surface area contributed by atoms with Crippen LogP contribution in [0.25, 0.3) is 0 Å². The Labute approximate surface area is 189 Å². The quantitative estimate of drug-likeness (QED) is 0.681. The maximum absolute atomic E-state index is 12.8. The molecule has 2 aliphatic rings. The van der Waals surface area contributed by atoms with Gasteiger partial charge >= 0.3 is 11.8 Å². The zero-order valence-corrected chi connectivity index (χ0v) is 18.9. The lowest BCUT2D eigenvalue weighted by Crippen LogP contribution is -2.59. The molecule has 168 valence electrons. The van der Waals surface area contributed by atoms with Crippen molar-refractivity contribution in [2.45, 2.75) is 45.7 Å². The van der Waals surface area contributed by atoms with Gasteiger partial charge in [0.25, 0.3) is 5.91 Å². The van der Waals surface area contributed by atoms with Gasteiger partial charge in [-0.2, -0.15) is 0 Å². The molecule has 32 heavy (non-hydrogen) atoms. The first-order valence-corrected chi connectivity index (χ1v) is 11.5.